The van der Waals surface area contributed by atoms with Crippen LogP contribution < -0.4 is 54.5 Å². The number of nitrogens with two attached hydrogens (primary N) is 2. The Bertz CT molecular complexity index is 6690. The van der Waals surface area contributed by atoms with Crippen molar-refractivity contribution in [3.05, 3.63) is 229 Å². The van der Waals surface area contributed by atoms with Crippen LogP contribution in [0.4, 0.5) is 69.8 Å². The van der Waals surface area contributed by atoms with Crippen molar-refractivity contribution >= 4 is 145 Å². The van der Waals surface area contributed by atoms with Gasteiger partial charge in [0.15, 0.2) is 23.1 Å². The van der Waals surface area contributed by atoms with Gasteiger partial charge in [-0.15, -0.1) is 0 Å². The summed E-state index contributed by atoms with van der Waals surface area (Å²) in [6, 6.07) is 39.6. The first-order valence-corrected chi connectivity index (χ1v) is 41.0. The van der Waals surface area contributed by atoms with E-state index in [0.717, 1.165) is 67.7 Å². The molecule has 0 radical (unpaired) electrons. The van der Waals surface area contributed by atoms with Crippen molar-refractivity contribution in [1.82, 2.24) is 39.0 Å². The highest BCUT2D eigenvalue weighted by Crippen LogP contribution is 2.48. The molecule has 34 heteroatoms. The zero-order valence-electron chi connectivity index (χ0n) is 61.7. The van der Waals surface area contributed by atoms with Gasteiger partial charge in [0, 0.05) is 81.7 Å². The smallest absolute Gasteiger partial charge is 0.296 e. The fourth-order valence-corrected chi connectivity index (χ4v) is 18.6. The van der Waals surface area contributed by atoms with Gasteiger partial charge >= 0.3 is 0 Å². The van der Waals surface area contributed by atoms with Gasteiger partial charge in [-0.3, -0.25) is 42.4 Å². The maximum absolute atomic E-state index is 14.9. The number of rotatable bonds is 21. The predicted molar refractivity (Wildman–Crippen MR) is 432 cm³/mol. The molecule has 16 rings (SSSR count). The lowest BCUT2D eigenvalue weighted by Crippen LogP contribution is -2.41. The molecule has 0 amide bonds. The Morgan fingerprint density at radius 2 is 0.861 bits per heavy atom. The molecule has 6 atom stereocenters. The van der Waals surface area contributed by atoms with E-state index < -0.39 is 84.9 Å². The lowest BCUT2D eigenvalue weighted by atomic mass is 9.67. The first-order chi connectivity index (χ1) is 54.9. The highest BCUT2D eigenvalue weighted by molar-refractivity contribution is 7.86. The van der Waals surface area contributed by atoms with Gasteiger partial charge in [0.1, 0.15) is 9.79 Å². The summed E-state index contributed by atoms with van der Waals surface area (Å²) in [5, 5.41) is 19.8. The number of anilines is 12. The predicted octanol–water partition coefficient (Wildman–Crippen LogP) is 12.0. The molecule has 4 heterocycles. The molecule has 0 spiro atoms. The van der Waals surface area contributed by atoms with E-state index in [0.29, 0.717) is 22.0 Å². The summed E-state index contributed by atoms with van der Waals surface area (Å²) in [4.78, 5) is 112. The lowest BCUT2D eigenvalue weighted by Gasteiger charge is -2.42. The molecule has 12 aromatic rings. The molecule has 0 bridgehead atoms. The zero-order valence-corrected chi connectivity index (χ0v) is 64.1. The Balaban J connectivity index is 0.614. The molecule has 8 aromatic carbocycles. The summed E-state index contributed by atoms with van der Waals surface area (Å²) >= 11 is 0. The topological polar surface area (TPSA) is 477 Å². The number of nitrogen functional groups attached to an aromatic ring is 2. The molecule has 2 saturated carbocycles. The van der Waals surface area contributed by atoms with Crippen LogP contribution in [0, 0.1) is 23.7 Å². The van der Waals surface area contributed by atoms with Crippen molar-refractivity contribution in [2.75, 3.05) is 43.4 Å². The fraction of sp³-hybridized carbons (Fsp3) is 0.210. The largest absolute Gasteiger partial charge is 0.368 e. The normalized spacial score (nSPS) is 17.8. The van der Waals surface area contributed by atoms with E-state index >= 15 is 0 Å². The Morgan fingerprint density at radius 3 is 1.35 bits per heavy atom. The molecular weight excluding hydrogens is 1530 g/mol. The molecule has 4 aliphatic carbocycles. The number of benzene rings is 8. The van der Waals surface area contributed by atoms with Crippen LogP contribution in [0.2, 0.25) is 0 Å². The zero-order chi connectivity index (χ0) is 81.0. The van der Waals surface area contributed by atoms with Gasteiger partial charge in [0.2, 0.25) is 35.7 Å². The first kappa shape index (κ1) is 76.0. The van der Waals surface area contributed by atoms with Crippen LogP contribution in [0.25, 0.3) is 44.1 Å². The highest BCUT2D eigenvalue weighted by Gasteiger charge is 2.40. The minimum absolute atomic E-state index is 0.00264. The van der Waals surface area contributed by atoms with Gasteiger partial charge in [0.05, 0.1) is 60.9 Å². The van der Waals surface area contributed by atoms with Crippen molar-refractivity contribution < 1.29 is 58.1 Å². The van der Waals surface area contributed by atoms with E-state index in [2.05, 4.69) is 75.7 Å². The van der Waals surface area contributed by atoms with Crippen LogP contribution in [-0.2, 0) is 44.4 Å². The molecule has 31 nitrogen and oxygen atoms in total. The number of ketones is 4. The van der Waals surface area contributed by atoms with Crippen LogP contribution in [0.5, 0.6) is 0 Å². The maximum Gasteiger partial charge on any atom is 0.296 e. The second-order valence-electron chi connectivity index (χ2n) is 29.2. The minimum atomic E-state index is -5.00. The van der Waals surface area contributed by atoms with Crippen molar-refractivity contribution in [2.24, 2.45) is 37.8 Å². The quantitative estimate of drug-likeness (QED) is 0.0235. The van der Waals surface area contributed by atoms with Gasteiger partial charge in [-0.05, 0) is 127 Å². The number of carbonyl (C=O) groups excluding carboxylic acids is 4. The van der Waals surface area contributed by atoms with Gasteiger partial charge < -0.3 is 52.5 Å². The van der Waals surface area contributed by atoms with Crippen molar-refractivity contribution in [3.8, 4) is 22.3 Å². The monoisotopic (exact) mass is 1600 g/mol. The third-order valence-corrected chi connectivity index (χ3v) is 25.1. The van der Waals surface area contributed by atoms with Gasteiger partial charge in [-0.1, -0.05) is 131 Å². The van der Waals surface area contributed by atoms with Gasteiger partial charge in [0.25, 0.3) is 41.5 Å². The average Bonchev–Trinajstić information content (AvgIpc) is 0.710. The third kappa shape index (κ3) is 14.1. The Kier molecular flexibility index (Phi) is 19.3. The van der Waals surface area contributed by atoms with Crippen molar-refractivity contribution in [3.63, 3.8) is 0 Å². The molecule has 2 fully saturated rings. The summed E-state index contributed by atoms with van der Waals surface area (Å²) < 4.78 is 110. The van der Waals surface area contributed by atoms with Crippen molar-refractivity contribution in [1.29, 1.82) is 0 Å². The number of nitrogens with zero attached hydrogens (tertiary/aromatic N) is 8. The van der Waals surface area contributed by atoms with E-state index in [-0.39, 0.29) is 167 Å². The summed E-state index contributed by atoms with van der Waals surface area (Å²) in [5.41, 5.74) is 13.2. The average molecular weight is 1610 g/mol. The number of fused-ring (bicyclic) bond motifs is 4. The summed E-state index contributed by atoms with van der Waals surface area (Å²) in [7, 11) is -11.8. The van der Waals surface area contributed by atoms with Crippen LogP contribution >= 0.6 is 0 Å². The standard InChI is InChI=1S/C81H72N16O15S3/c1-39-42(17-13-25-52(39)87-79-91-76(82)90-78(94-79)85-46-28-34-60(114(107,108)109)56(38-46)86-55-30-32-59-67-63(49-22-9-11-24-51(49)73(101)65(55)67)69(75(103)97(59)4)71(99)44-19-12-20-47(36-44)113(104,105)106)35-43-18-14-26-53(40(43)2)88-80-92-77(83)93-81(95-80)89-57-37-45(27-33-61(57)115(110,111)112)84-54-29-31-58-66-62(48-21-8-10-23-50(48)72(100)64(54)66)68(74(102)96(58)3)70(98)41-15-6-5-7-16-41/h5-12,15-16,19-24,27-34,36-40,42-43,52-53,84,86H,13-14,17-18,25-26,35H2,1-4H3,(H,104,105,106)(H,107,108,109)(H,110,111,112)(H4,82,85,87,90,91,94)(H4,83,88,89,92,93,95). The number of hydrogen-bond donors (Lipinski definition) is 11. The fourth-order valence-electron chi connectivity index (χ4n) is 16.8. The van der Waals surface area contributed by atoms with Crippen LogP contribution in [-0.4, -0.2) is 113 Å². The Morgan fingerprint density at radius 1 is 0.435 bits per heavy atom. The minimum Gasteiger partial charge on any atom is -0.368 e. The molecule has 0 aliphatic heterocycles. The summed E-state index contributed by atoms with van der Waals surface area (Å²) in [6.07, 6.45) is 6.03. The number of aryl methyl sites for hydroxylation is 2. The second-order valence-corrected chi connectivity index (χ2v) is 33.4. The molecule has 115 heavy (non-hydrogen) atoms. The number of nitrogens with one attached hydrogen (secondary N) is 6. The van der Waals surface area contributed by atoms with Crippen LogP contribution in [0.3, 0.4) is 0 Å². The van der Waals surface area contributed by atoms with Crippen LogP contribution in [0.1, 0.15) is 122 Å². The van der Waals surface area contributed by atoms with Gasteiger partial charge in [-0.2, -0.15) is 55.2 Å². The first-order valence-electron chi connectivity index (χ1n) is 36.6. The molecular formula is C81H72N16O15S3. The van der Waals surface area contributed by atoms with E-state index in [9.17, 15) is 67.7 Å². The third-order valence-electron chi connectivity index (χ3n) is 22.4. The molecule has 584 valence electrons. The number of hydrogen-bond acceptors (Lipinski definition) is 26. The van der Waals surface area contributed by atoms with Gasteiger partial charge in [-0.25, -0.2) is 0 Å². The van der Waals surface area contributed by atoms with Crippen molar-refractivity contribution in [2.45, 2.75) is 85.6 Å². The van der Waals surface area contributed by atoms with E-state index in [1.807, 2.05) is 0 Å². The number of carbonyl (C=O) groups is 4. The van der Waals surface area contributed by atoms with E-state index in [1.54, 1.807) is 84.9 Å². The van der Waals surface area contributed by atoms with E-state index in [4.69, 9.17) is 11.5 Å². The lowest BCUT2D eigenvalue weighted by molar-refractivity contribution is 0.102. The van der Waals surface area contributed by atoms with Crippen LogP contribution in [0.15, 0.2) is 188 Å². The number of pyridine rings is 2. The SMILES string of the molecule is CC1C(CC2CCCC(Nc3nc(N)nc(Nc4cc(Nc5ccc6c7c5C(=O)c5ccccc5-c7c(C(=O)c5ccccc5)c(=O)n6C)ccc4S(=O)(=O)O)n3)C2C)CCCC1Nc1nc(N)nc(Nc2ccc(S(=O)(=O)O)c(Nc3ccc4c5c3C(=O)c3ccccc3-c5c(C(=O)c3cccc(S(=O)(=O)O)c3)c(=O)n4C)c2)n1. The molecule has 13 N–H and O–H groups in total. The Labute approximate surface area is 656 Å². The highest BCUT2D eigenvalue weighted by atomic mass is 32.2. The maximum atomic E-state index is 14.9. The molecule has 4 aromatic heterocycles. The molecule has 4 aliphatic rings. The van der Waals surface area contributed by atoms with E-state index in [1.165, 1.54) is 79.3 Å². The number of aromatic nitrogens is 8. The summed E-state index contributed by atoms with van der Waals surface area (Å²) in [6.45, 7) is 4.35. The second kappa shape index (κ2) is 29.2. The summed E-state index contributed by atoms with van der Waals surface area (Å²) in [5.74, 6) is -2.04. The molecule has 6 unspecified atom stereocenters. The molecule has 0 saturated heterocycles. The Hall–Kier alpha value is -13.0.